The van der Waals surface area contributed by atoms with Crippen molar-refractivity contribution in [1.82, 2.24) is 5.32 Å². The number of carboxylic acids is 1. The fourth-order valence-corrected chi connectivity index (χ4v) is 2.65. The summed E-state index contributed by atoms with van der Waals surface area (Å²) in [4.78, 5) is 33.7. The molecule has 0 saturated heterocycles. The molecule has 0 aromatic heterocycles. The second-order valence-electron chi connectivity index (χ2n) is 5.28. The molecule has 28 heavy (non-hydrogen) atoms. The van der Waals surface area contributed by atoms with Gasteiger partial charge in [0.05, 0.1) is 22.1 Å². The highest BCUT2D eigenvalue weighted by molar-refractivity contribution is 7.80. The summed E-state index contributed by atoms with van der Waals surface area (Å²) in [5.41, 5.74) is -0.0511. The van der Waals surface area contributed by atoms with Gasteiger partial charge in [-0.2, -0.15) is 0 Å². The number of anilines is 1. The predicted octanol–water partition coefficient (Wildman–Crippen LogP) is 3.47. The van der Waals surface area contributed by atoms with Gasteiger partial charge in [-0.15, -0.1) is 0 Å². The molecule has 0 aliphatic carbocycles. The van der Waals surface area contributed by atoms with Crippen molar-refractivity contribution >= 4 is 52.2 Å². The number of carbonyl (C=O) groups excluding carboxylic acids is 1. The number of rotatable bonds is 6. The van der Waals surface area contributed by atoms with Crippen LogP contribution in [0.4, 0.5) is 11.4 Å². The van der Waals surface area contributed by atoms with Crippen molar-refractivity contribution in [2.24, 2.45) is 0 Å². The summed E-state index contributed by atoms with van der Waals surface area (Å²) in [5.74, 6) is -1.79. The Kier molecular flexibility index (Phi) is 6.85. The first-order valence-electron chi connectivity index (χ1n) is 7.79. The number of halogens is 1. The van der Waals surface area contributed by atoms with Crippen LogP contribution >= 0.6 is 23.8 Å². The molecular formula is C17H14ClN3O6S. The number of nitro groups is 1. The fourth-order valence-electron chi connectivity index (χ4n) is 2.18. The van der Waals surface area contributed by atoms with Crippen LogP contribution in [0.15, 0.2) is 36.4 Å². The van der Waals surface area contributed by atoms with Gasteiger partial charge in [-0.1, -0.05) is 11.6 Å². The molecule has 0 bridgehead atoms. The Balaban J connectivity index is 2.11. The van der Waals surface area contributed by atoms with E-state index in [4.69, 9.17) is 33.7 Å². The van der Waals surface area contributed by atoms with Crippen LogP contribution in [0, 0.1) is 10.1 Å². The minimum Gasteiger partial charge on any atom is -0.487 e. The molecule has 0 atom stereocenters. The quantitative estimate of drug-likeness (QED) is 0.365. The molecule has 0 radical (unpaired) electrons. The largest absolute Gasteiger partial charge is 0.487 e. The second kappa shape index (κ2) is 9.11. The first-order chi connectivity index (χ1) is 13.2. The highest BCUT2D eigenvalue weighted by Crippen LogP contribution is 2.28. The summed E-state index contributed by atoms with van der Waals surface area (Å²) in [5, 5.41) is 25.1. The maximum atomic E-state index is 12.3. The predicted molar refractivity (Wildman–Crippen MR) is 106 cm³/mol. The van der Waals surface area contributed by atoms with E-state index >= 15 is 0 Å². The zero-order chi connectivity index (χ0) is 20.8. The van der Waals surface area contributed by atoms with Crippen molar-refractivity contribution in [3.63, 3.8) is 0 Å². The monoisotopic (exact) mass is 423 g/mol. The molecule has 2 rings (SSSR count). The van der Waals surface area contributed by atoms with Crippen LogP contribution in [-0.4, -0.2) is 33.6 Å². The van der Waals surface area contributed by atoms with Crippen LogP contribution in [-0.2, 0) is 0 Å². The van der Waals surface area contributed by atoms with E-state index in [0.717, 1.165) is 6.07 Å². The van der Waals surface area contributed by atoms with E-state index in [9.17, 15) is 19.7 Å². The molecule has 0 unspecified atom stereocenters. The first kappa shape index (κ1) is 21.1. The highest BCUT2D eigenvalue weighted by atomic mass is 35.5. The Morgan fingerprint density at radius 2 is 2.00 bits per heavy atom. The van der Waals surface area contributed by atoms with E-state index in [0.29, 0.717) is 5.69 Å². The second-order valence-corrected chi connectivity index (χ2v) is 6.10. The maximum Gasteiger partial charge on any atom is 0.337 e. The number of aromatic carboxylic acids is 1. The van der Waals surface area contributed by atoms with Crippen LogP contribution < -0.4 is 15.4 Å². The molecule has 3 N–H and O–H groups in total. The normalized spacial score (nSPS) is 10.1. The molecular weight excluding hydrogens is 410 g/mol. The number of ether oxygens (including phenoxy) is 1. The Morgan fingerprint density at radius 3 is 2.57 bits per heavy atom. The summed E-state index contributed by atoms with van der Waals surface area (Å²) in [6.07, 6.45) is 0. The molecule has 0 fully saturated rings. The van der Waals surface area contributed by atoms with Gasteiger partial charge in [-0.25, -0.2) is 4.79 Å². The van der Waals surface area contributed by atoms with Gasteiger partial charge in [0.25, 0.3) is 5.91 Å². The van der Waals surface area contributed by atoms with Gasteiger partial charge in [0, 0.05) is 17.3 Å². The van der Waals surface area contributed by atoms with Crippen molar-refractivity contribution < 1.29 is 24.4 Å². The number of amides is 1. The average Bonchev–Trinajstić information content (AvgIpc) is 2.61. The highest BCUT2D eigenvalue weighted by Gasteiger charge is 2.19. The third-order valence-corrected chi connectivity index (χ3v) is 3.92. The van der Waals surface area contributed by atoms with Gasteiger partial charge in [-0.3, -0.25) is 20.2 Å². The molecule has 0 heterocycles. The Labute approximate surface area is 169 Å². The van der Waals surface area contributed by atoms with Gasteiger partial charge in [0.2, 0.25) is 0 Å². The topological polar surface area (TPSA) is 131 Å². The first-order valence-corrected chi connectivity index (χ1v) is 8.58. The fraction of sp³-hybridized carbons (Fsp3) is 0.118. The molecule has 0 spiro atoms. The van der Waals surface area contributed by atoms with Gasteiger partial charge in [0.15, 0.2) is 10.9 Å². The SMILES string of the molecule is CCOc1ccc(C(=O)NC(=S)Nc2ccc(C(=O)O)c(Cl)c2)cc1[N+](=O)[O-]. The Bertz CT molecular complexity index is 966. The average molecular weight is 424 g/mol. The minimum atomic E-state index is -1.18. The number of hydrogen-bond acceptors (Lipinski definition) is 6. The Morgan fingerprint density at radius 1 is 1.29 bits per heavy atom. The van der Waals surface area contributed by atoms with E-state index in [1.54, 1.807) is 6.92 Å². The summed E-state index contributed by atoms with van der Waals surface area (Å²) in [6.45, 7) is 1.92. The van der Waals surface area contributed by atoms with E-state index in [2.05, 4.69) is 10.6 Å². The van der Waals surface area contributed by atoms with Gasteiger partial charge in [-0.05, 0) is 49.5 Å². The smallest absolute Gasteiger partial charge is 0.337 e. The van der Waals surface area contributed by atoms with Crippen molar-refractivity contribution in [3.05, 3.63) is 62.7 Å². The lowest BCUT2D eigenvalue weighted by Crippen LogP contribution is -2.34. The summed E-state index contributed by atoms with van der Waals surface area (Å²) < 4.78 is 5.16. The molecule has 0 aliphatic heterocycles. The van der Waals surface area contributed by atoms with Crippen molar-refractivity contribution in [3.8, 4) is 5.75 Å². The van der Waals surface area contributed by atoms with Crippen LogP contribution in [0.3, 0.4) is 0 Å². The number of hydrogen-bond donors (Lipinski definition) is 3. The van der Waals surface area contributed by atoms with Gasteiger partial charge >= 0.3 is 11.7 Å². The lowest BCUT2D eigenvalue weighted by atomic mass is 10.1. The summed E-state index contributed by atoms with van der Waals surface area (Å²) >= 11 is 10.9. The molecule has 1 amide bonds. The number of nitrogens with one attached hydrogen (secondary N) is 2. The van der Waals surface area contributed by atoms with Crippen LogP contribution in [0.1, 0.15) is 27.6 Å². The number of benzene rings is 2. The third kappa shape index (κ3) is 5.15. The number of thiocarbonyl (C=S) groups is 1. The van der Waals surface area contributed by atoms with E-state index in [-0.39, 0.29) is 39.3 Å². The van der Waals surface area contributed by atoms with Crippen LogP contribution in [0.25, 0.3) is 0 Å². The Hall–Kier alpha value is -3.24. The lowest BCUT2D eigenvalue weighted by molar-refractivity contribution is -0.385. The molecule has 146 valence electrons. The molecule has 9 nitrogen and oxygen atoms in total. The van der Waals surface area contributed by atoms with Crippen LogP contribution in [0.2, 0.25) is 5.02 Å². The van der Waals surface area contributed by atoms with E-state index < -0.39 is 16.8 Å². The molecule has 11 heteroatoms. The third-order valence-electron chi connectivity index (χ3n) is 3.40. The van der Waals surface area contributed by atoms with Crippen molar-refractivity contribution in [2.45, 2.75) is 6.92 Å². The van der Waals surface area contributed by atoms with Crippen molar-refractivity contribution in [1.29, 1.82) is 0 Å². The molecule has 0 aliphatic rings. The number of carbonyl (C=O) groups is 2. The molecule has 2 aromatic carbocycles. The maximum absolute atomic E-state index is 12.3. The number of carboxylic acid groups (broad SMARTS) is 1. The van der Waals surface area contributed by atoms with E-state index in [1.165, 1.54) is 30.3 Å². The summed E-state index contributed by atoms with van der Waals surface area (Å²) in [7, 11) is 0. The zero-order valence-corrected chi connectivity index (χ0v) is 16.0. The lowest BCUT2D eigenvalue weighted by Gasteiger charge is -2.11. The molecule has 2 aromatic rings. The van der Waals surface area contributed by atoms with Gasteiger partial charge in [0.1, 0.15) is 0 Å². The van der Waals surface area contributed by atoms with Gasteiger partial charge < -0.3 is 15.2 Å². The molecule has 0 saturated carbocycles. The number of nitrogens with zero attached hydrogens (tertiary/aromatic N) is 1. The van der Waals surface area contributed by atoms with Crippen LogP contribution in [0.5, 0.6) is 5.75 Å². The van der Waals surface area contributed by atoms with Crippen molar-refractivity contribution in [2.75, 3.05) is 11.9 Å². The number of nitro benzene ring substituents is 1. The zero-order valence-electron chi connectivity index (χ0n) is 14.4. The standard InChI is InChI=1S/C17H14ClN3O6S/c1-2-27-14-6-3-9(7-13(14)21(25)26)15(22)20-17(28)19-10-4-5-11(16(23)24)12(18)8-10/h3-8H,2H2,1H3,(H,23,24)(H2,19,20,22,28). The summed E-state index contributed by atoms with van der Waals surface area (Å²) in [6, 6.07) is 7.83. The van der Waals surface area contributed by atoms with E-state index in [1.807, 2.05) is 0 Å². The minimum absolute atomic E-state index is 0.00577.